The number of hydroxylamine groups is 2. The Bertz CT molecular complexity index is 875. The Morgan fingerprint density at radius 2 is 1.80 bits per heavy atom. The first-order valence-electron chi connectivity index (χ1n) is 7.65. The van der Waals surface area contributed by atoms with Crippen LogP contribution in [0.15, 0.2) is 42.5 Å². The van der Waals surface area contributed by atoms with Gasteiger partial charge in [0.2, 0.25) is 0 Å². The van der Waals surface area contributed by atoms with Gasteiger partial charge in [0.1, 0.15) is 18.2 Å². The maximum atomic E-state index is 13.2. The fraction of sp³-hybridized carbons (Fsp3) is 0.167. The average molecular weight is 341 g/mol. The van der Waals surface area contributed by atoms with Gasteiger partial charge in [-0.15, -0.1) is 0 Å². The summed E-state index contributed by atoms with van der Waals surface area (Å²) in [6.45, 7) is -0.0154. The normalized spacial score (nSPS) is 18.4. The molecule has 2 amide bonds. The predicted octanol–water partition coefficient (Wildman–Crippen LogP) is 2.13. The highest BCUT2D eigenvalue weighted by atomic mass is 19.1. The lowest BCUT2D eigenvalue weighted by Gasteiger charge is -2.24. The highest BCUT2D eigenvalue weighted by molar-refractivity contribution is 6.20. The number of carbonyl (C=O) groups excluding carboxylic acids is 3. The van der Waals surface area contributed by atoms with E-state index in [-0.39, 0.29) is 24.2 Å². The Morgan fingerprint density at radius 3 is 2.48 bits per heavy atom. The summed E-state index contributed by atoms with van der Waals surface area (Å²) < 4.78 is 18.6. The van der Waals surface area contributed by atoms with Crippen molar-refractivity contribution in [1.29, 1.82) is 0 Å². The summed E-state index contributed by atoms with van der Waals surface area (Å²) in [5, 5.41) is 0.479. The summed E-state index contributed by atoms with van der Waals surface area (Å²) in [5.41, 5.74) is 1.05. The minimum Gasteiger partial charge on any atom is -0.492 e. The number of benzene rings is 2. The fourth-order valence-corrected chi connectivity index (χ4v) is 2.91. The second kappa shape index (κ2) is 5.70. The molecule has 0 radical (unpaired) electrons. The average Bonchev–Trinajstić information content (AvgIpc) is 2.86. The van der Waals surface area contributed by atoms with Crippen LogP contribution < -0.4 is 4.74 Å². The molecule has 0 fully saturated rings. The highest BCUT2D eigenvalue weighted by Crippen LogP contribution is 2.29. The van der Waals surface area contributed by atoms with Gasteiger partial charge in [-0.3, -0.25) is 9.59 Å². The molecular formula is C18H12FNO5. The first kappa shape index (κ1) is 15.3. The molecule has 2 aliphatic heterocycles. The quantitative estimate of drug-likeness (QED) is 0.783. The molecular weight excluding hydrogens is 329 g/mol. The van der Waals surface area contributed by atoms with Gasteiger partial charge < -0.3 is 9.57 Å². The number of hydrogen-bond acceptors (Lipinski definition) is 5. The molecule has 6 nitrogen and oxygen atoms in total. The van der Waals surface area contributed by atoms with Gasteiger partial charge >= 0.3 is 5.97 Å². The van der Waals surface area contributed by atoms with Crippen molar-refractivity contribution in [2.24, 2.45) is 5.92 Å². The standard InChI is InChI=1S/C18H12FNO5/c19-12-6-5-10-7-11(9-24-15(10)8-12)18(23)25-20-16(21)13-3-1-2-4-14(13)17(20)22/h1-6,8,11H,7,9H2. The molecule has 2 aromatic carbocycles. The molecule has 0 saturated carbocycles. The molecule has 4 rings (SSSR count). The largest absolute Gasteiger partial charge is 0.492 e. The maximum Gasteiger partial charge on any atom is 0.340 e. The zero-order valence-corrected chi connectivity index (χ0v) is 12.9. The van der Waals surface area contributed by atoms with Gasteiger partial charge in [0.25, 0.3) is 11.8 Å². The molecule has 1 atom stereocenters. The second-order valence-corrected chi connectivity index (χ2v) is 5.82. The van der Waals surface area contributed by atoms with Gasteiger partial charge in [-0.25, -0.2) is 9.18 Å². The SMILES string of the molecule is O=C(ON1C(=O)c2ccccc2C1=O)C1COc2cc(F)ccc2C1. The predicted molar refractivity (Wildman–Crippen MR) is 82.1 cm³/mol. The van der Waals surface area contributed by atoms with E-state index in [0.717, 1.165) is 0 Å². The van der Waals surface area contributed by atoms with Crippen LogP contribution in [0.1, 0.15) is 26.3 Å². The van der Waals surface area contributed by atoms with Crippen LogP contribution >= 0.6 is 0 Å². The molecule has 0 aromatic heterocycles. The Balaban J connectivity index is 1.49. The van der Waals surface area contributed by atoms with Gasteiger partial charge in [-0.1, -0.05) is 23.3 Å². The van der Waals surface area contributed by atoms with Crippen LogP contribution in [0.5, 0.6) is 5.75 Å². The van der Waals surface area contributed by atoms with E-state index < -0.39 is 29.5 Å². The van der Waals surface area contributed by atoms with Gasteiger partial charge in [0, 0.05) is 6.07 Å². The second-order valence-electron chi connectivity index (χ2n) is 5.82. The summed E-state index contributed by atoms with van der Waals surface area (Å²) in [7, 11) is 0. The molecule has 1 unspecified atom stereocenters. The lowest BCUT2D eigenvalue weighted by atomic mass is 9.97. The number of ether oxygens (including phenoxy) is 1. The van der Waals surface area contributed by atoms with E-state index in [2.05, 4.69) is 0 Å². The summed E-state index contributed by atoms with van der Waals surface area (Å²) in [6.07, 6.45) is 0.275. The number of imide groups is 1. The zero-order valence-electron chi connectivity index (χ0n) is 12.9. The number of hydrogen-bond donors (Lipinski definition) is 0. The monoisotopic (exact) mass is 341 g/mol. The van der Waals surface area contributed by atoms with Crippen molar-refractivity contribution in [2.45, 2.75) is 6.42 Å². The minimum absolute atomic E-state index is 0.0154. The van der Waals surface area contributed by atoms with Crippen LogP contribution in [0, 0.1) is 11.7 Å². The van der Waals surface area contributed by atoms with Crippen LogP contribution in [0.2, 0.25) is 0 Å². The topological polar surface area (TPSA) is 72.9 Å². The highest BCUT2D eigenvalue weighted by Gasteiger charge is 2.40. The first-order chi connectivity index (χ1) is 12.0. The van der Waals surface area contributed by atoms with Gasteiger partial charge in [-0.2, -0.15) is 0 Å². The number of fused-ring (bicyclic) bond motifs is 2. The lowest BCUT2D eigenvalue weighted by Crippen LogP contribution is -2.38. The van der Waals surface area contributed by atoms with Crippen molar-refractivity contribution in [3.8, 4) is 5.75 Å². The van der Waals surface area contributed by atoms with Crippen molar-refractivity contribution in [3.05, 3.63) is 65.0 Å². The summed E-state index contributed by atoms with van der Waals surface area (Å²) in [4.78, 5) is 41.8. The number of halogens is 1. The lowest BCUT2D eigenvalue weighted by molar-refractivity contribution is -0.175. The van der Waals surface area contributed by atoms with E-state index in [1.165, 1.54) is 30.3 Å². The van der Waals surface area contributed by atoms with E-state index >= 15 is 0 Å². The van der Waals surface area contributed by atoms with Crippen molar-refractivity contribution < 1.29 is 28.3 Å². The number of rotatable bonds is 2. The van der Waals surface area contributed by atoms with Gasteiger partial charge in [0.15, 0.2) is 0 Å². The maximum absolute atomic E-state index is 13.2. The third kappa shape index (κ3) is 2.53. The smallest absolute Gasteiger partial charge is 0.340 e. The van der Waals surface area contributed by atoms with Gasteiger partial charge in [0.05, 0.1) is 17.0 Å². The summed E-state index contributed by atoms with van der Waals surface area (Å²) >= 11 is 0. The Kier molecular flexibility index (Phi) is 3.49. The molecule has 0 saturated heterocycles. The molecule has 0 bridgehead atoms. The molecule has 0 spiro atoms. The van der Waals surface area contributed by atoms with Crippen LogP contribution in [-0.2, 0) is 16.1 Å². The van der Waals surface area contributed by atoms with E-state index in [1.54, 1.807) is 12.1 Å². The number of amides is 2. The molecule has 2 aliphatic rings. The summed E-state index contributed by atoms with van der Waals surface area (Å²) in [6, 6.07) is 10.3. The molecule has 126 valence electrons. The van der Waals surface area contributed by atoms with Crippen LogP contribution in [0.25, 0.3) is 0 Å². The van der Waals surface area contributed by atoms with Crippen LogP contribution in [0.4, 0.5) is 4.39 Å². The van der Waals surface area contributed by atoms with Crippen LogP contribution in [-0.4, -0.2) is 29.5 Å². The minimum atomic E-state index is -0.746. The molecule has 2 heterocycles. The Labute approximate surface area is 141 Å². The van der Waals surface area contributed by atoms with Crippen molar-refractivity contribution >= 4 is 17.8 Å². The molecule has 25 heavy (non-hydrogen) atoms. The van der Waals surface area contributed by atoms with Crippen molar-refractivity contribution in [3.63, 3.8) is 0 Å². The van der Waals surface area contributed by atoms with Crippen molar-refractivity contribution in [1.82, 2.24) is 5.06 Å². The zero-order chi connectivity index (χ0) is 17.6. The Hall–Kier alpha value is -3.22. The molecule has 2 aromatic rings. The van der Waals surface area contributed by atoms with Crippen LogP contribution in [0.3, 0.4) is 0 Å². The third-order valence-corrected chi connectivity index (χ3v) is 4.21. The first-order valence-corrected chi connectivity index (χ1v) is 7.65. The molecule has 0 aliphatic carbocycles. The molecule has 0 N–H and O–H groups in total. The summed E-state index contributed by atoms with van der Waals surface area (Å²) in [5.74, 6) is -2.83. The van der Waals surface area contributed by atoms with Gasteiger partial charge in [-0.05, 0) is 30.2 Å². The van der Waals surface area contributed by atoms with Crippen molar-refractivity contribution in [2.75, 3.05) is 6.61 Å². The third-order valence-electron chi connectivity index (χ3n) is 4.21. The molecule has 7 heteroatoms. The number of carbonyl (C=O) groups is 3. The van der Waals surface area contributed by atoms with E-state index in [0.29, 0.717) is 16.4 Å². The Morgan fingerprint density at radius 1 is 1.12 bits per heavy atom. The van der Waals surface area contributed by atoms with E-state index in [9.17, 15) is 18.8 Å². The fourth-order valence-electron chi connectivity index (χ4n) is 2.91. The number of nitrogens with zero attached hydrogens (tertiary/aromatic N) is 1. The van der Waals surface area contributed by atoms with E-state index in [4.69, 9.17) is 9.57 Å². The van der Waals surface area contributed by atoms with E-state index in [1.807, 2.05) is 0 Å².